The number of benzene rings is 2. The van der Waals surface area contributed by atoms with Crippen molar-refractivity contribution >= 4 is 33.9 Å². The van der Waals surface area contributed by atoms with Crippen LogP contribution in [0.3, 0.4) is 0 Å². The number of nitrogens with zero attached hydrogens (tertiary/aromatic N) is 3. The lowest BCUT2D eigenvalue weighted by Crippen LogP contribution is -2.22. The van der Waals surface area contributed by atoms with Gasteiger partial charge in [0, 0.05) is 5.22 Å². The van der Waals surface area contributed by atoms with Gasteiger partial charge in [-0.15, -0.1) is 0 Å². The molecular weight excluding hydrogens is 364 g/mol. The van der Waals surface area contributed by atoms with Crippen molar-refractivity contribution in [3.05, 3.63) is 79.5 Å². The number of aromatic amines is 1. The molecule has 2 aromatic heterocycles. The van der Waals surface area contributed by atoms with Crippen molar-refractivity contribution in [1.29, 1.82) is 0 Å². The molecule has 0 fully saturated rings. The first-order valence-electron chi connectivity index (χ1n) is 8.21. The van der Waals surface area contributed by atoms with Gasteiger partial charge in [0.05, 0.1) is 28.5 Å². The molecule has 2 aromatic carbocycles. The van der Waals surface area contributed by atoms with Crippen LogP contribution in [-0.4, -0.2) is 25.5 Å². The van der Waals surface area contributed by atoms with Crippen LogP contribution in [0.5, 0.6) is 5.88 Å². The average molecular weight is 376 g/mol. The number of fused-ring (bicyclic) bond motifs is 2. The number of carbonyl (C=O) groups is 1. The molecule has 132 valence electrons. The molecule has 0 spiro atoms. The monoisotopic (exact) mass is 376 g/mol. The van der Waals surface area contributed by atoms with Crippen molar-refractivity contribution in [1.82, 2.24) is 14.5 Å². The van der Waals surface area contributed by atoms with Gasteiger partial charge >= 0.3 is 4.87 Å². The number of imidazole rings is 1. The second-order valence-electron chi connectivity index (χ2n) is 6.12. The second kappa shape index (κ2) is 5.75. The van der Waals surface area contributed by atoms with E-state index in [1.165, 1.54) is 4.57 Å². The third-order valence-corrected chi connectivity index (χ3v) is 5.44. The van der Waals surface area contributed by atoms with Gasteiger partial charge in [0.15, 0.2) is 0 Å². The van der Waals surface area contributed by atoms with E-state index in [1.54, 1.807) is 24.3 Å². The summed E-state index contributed by atoms with van der Waals surface area (Å²) in [5, 5.41) is 11.8. The van der Waals surface area contributed by atoms with Crippen LogP contribution in [0.25, 0.3) is 16.6 Å². The molecule has 0 saturated carbocycles. The van der Waals surface area contributed by atoms with E-state index in [2.05, 4.69) is 15.0 Å². The molecule has 0 atom stereocenters. The number of rotatable bonds is 3. The van der Waals surface area contributed by atoms with Crippen LogP contribution in [0.15, 0.2) is 58.3 Å². The van der Waals surface area contributed by atoms with Gasteiger partial charge in [-0.2, -0.15) is 0 Å². The van der Waals surface area contributed by atoms with E-state index in [4.69, 9.17) is 0 Å². The normalized spacial score (nSPS) is 13.2. The summed E-state index contributed by atoms with van der Waals surface area (Å²) in [6.07, 6.45) is 0. The summed E-state index contributed by atoms with van der Waals surface area (Å²) >= 11 is 0.830. The van der Waals surface area contributed by atoms with E-state index in [0.29, 0.717) is 16.4 Å². The summed E-state index contributed by atoms with van der Waals surface area (Å²) in [6.45, 7) is 0.0795. The Balaban J connectivity index is 1.63. The Kier molecular flexibility index (Phi) is 3.34. The van der Waals surface area contributed by atoms with Gasteiger partial charge in [0.2, 0.25) is 5.88 Å². The molecule has 4 aromatic rings. The Morgan fingerprint density at radius 1 is 1.07 bits per heavy atom. The van der Waals surface area contributed by atoms with Crippen molar-refractivity contribution in [2.45, 2.75) is 6.54 Å². The van der Waals surface area contributed by atoms with Gasteiger partial charge < -0.3 is 10.1 Å². The van der Waals surface area contributed by atoms with Crippen LogP contribution in [0.2, 0.25) is 0 Å². The minimum Gasteiger partial charge on any atom is -0.493 e. The average Bonchev–Trinajstić information content (AvgIpc) is 3.30. The number of amides is 1. The number of hydrogen-bond acceptors (Lipinski definition) is 5. The Labute approximate surface area is 155 Å². The topological polar surface area (TPSA) is 100 Å². The van der Waals surface area contributed by atoms with E-state index < -0.39 is 5.91 Å². The number of para-hydroxylation sites is 3. The summed E-state index contributed by atoms with van der Waals surface area (Å²) in [6, 6.07) is 14.6. The van der Waals surface area contributed by atoms with Crippen LogP contribution >= 0.6 is 11.3 Å². The summed E-state index contributed by atoms with van der Waals surface area (Å²) < 4.78 is 1.21. The minimum atomic E-state index is -0.455. The molecular formula is C19H12N4O3S. The number of H-pyrrole nitrogens is 1. The van der Waals surface area contributed by atoms with Crippen LogP contribution < -0.4 is 15.4 Å². The SMILES string of the molecule is O=C1N=c2ccccc2=C1c1sc(=O)n(Cc2nc3ccccc3[nH]2)c1O. The van der Waals surface area contributed by atoms with Crippen molar-refractivity contribution in [2.24, 2.45) is 4.99 Å². The summed E-state index contributed by atoms with van der Waals surface area (Å²) in [5.74, 6) is -0.157. The number of aromatic hydroxyl groups is 1. The van der Waals surface area contributed by atoms with Crippen LogP contribution in [0.4, 0.5) is 0 Å². The van der Waals surface area contributed by atoms with Gasteiger partial charge in [0.1, 0.15) is 10.7 Å². The van der Waals surface area contributed by atoms with E-state index in [9.17, 15) is 14.7 Å². The number of hydrogen-bond donors (Lipinski definition) is 2. The first-order valence-corrected chi connectivity index (χ1v) is 9.02. The standard InChI is InChI=1S/C19H12N4O3S/c24-17-15(10-5-1-2-6-11(10)22-17)16-18(25)23(19(26)27-16)9-14-20-12-7-3-4-8-13(12)21-14/h1-8,25H,9H2,(H,20,21). The highest BCUT2D eigenvalue weighted by Gasteiger charge is 2.26. The number of aromatic nitrogens is 3. The van der Waals surface area contributed by atoms with Crippen molar-refractivity contribution in [3.63, 3.8) is 0 Å². The molecule has 8 heteroatoms. The summed E-state index contributed by atoms with van der Waals surface area (Å²) in [7, 11) is 0. The smallest absolute Gasteiger partial charge is 0.311 e. The van der Waals surface area contributed by atoms with E-state index in [0.717, 1.165) is 22.4 Å². The Hall–Kier alpha value is -3.52. The van der Waals surface area contributed by atoms with E-state index in [-0.39, 0.29) is 27.7 Å². The second-order valence-corrected chi connectivity index (χ2v) is 7.08. The zero-order chi connectivity index (χ0) is 18.5. The fourth-order valence-corrected chi connectivity index (χ4v) is 4.15. The maximum atomic E-state index is 12.5. The molecule has 5 rings (SSSR count). The number of nitrogens with one attached hydrogen (secondary N) is 1. The number of carbonyl (C=O) groups excluding carboxylic acids is 1. The van der Waals surface area contributed by atoms with Crippen LogP contribution in [0.1, 0.15) is 10.7 Å². The maximum Gasteiger partial charge on any atom is 0.311 e. The minimum absolute atomic E-state index is 0.0795. The predicted octanol–water partition coefficient (Wildman–Crippen LogP) is 0.899. The fourth-order valence-electron chi connectivity index (χ4n) is 3.21. The lowest BCUT2D eigenvalue weighted by atomic mass is 10.1. The Bertz CT molecular complexity index is 1380. The first-order chi connectivity index (χ1) is 13.1. The molecule has 7 nitrogen and oxygen atoms in total. The van der Waals surface area contributed by atoms with E-state index in [1.807, 2.05) is 24.3 Å². The van der Waals surface area contributed by atoms with Gasteiger partial charge in [-0.05, 0) is 18.2 Å². The highest BCUT2D eigenvalue weighted by atomic mass is 32.1. The Morgan fingerprint density at radius 2 is 1.85 bits per heavy atom. The molecule has 1 amide bonds. The molecule has 0 aliphatic carbocycles. The van der Waals surface area contributed by atoms with Gasteiger partial charge in [-0.3, -0.25) is 14.2 Å². The zero-order valence-electron chi connectivity index (χ0n) is 13.8. The largest absolute Gasteiger partial charge is 0.493 e. The predicted molar refractivity (Wildman–Crippen MR) is 100 cm³/mol. The maximum absolute atomic E-state index is 12.5. The quantitative estimate of drug-likeness (QED) is 0.555. The van der Waals surface area contributed by atoms with Crippen molar-refractivity contribution in [3.8, 4) is 5.88 Å². The molecule has 1 aliphatic rings. The molecule has 0 saturated heterocycles. The Morgan fingerprint density at radius 3 is 2.70 bits per heavy atom. The lowest BCUT2D eigenvalue weighted by Gasteiger charge is -2.02. The molecule has 0 radical (unpaired) electrons. The first kappa shape index (κ1) is 15.7. The van der Waals surface area contributed by atoms with Gasteiger partial charge in [0.25, 0.3) is 5.91 Å². The van der Waals surface area contributed by atoms with Gasteiger partial charge in [-0.1, -0.05) is 41.7 Å². The van der Waals surface area contributed by atoms with Crippen LogP contribution in [0, 0.1) is 0 Å². The van der Waals surface area contributed by atoms with Crippen LogP contribution in [-0.2, 0) is 11.3 Å². The summed E-state index contributed by atoms with van der Waals surface area (Å²) in [5.41, 5.74) is 1.89. The fraction of sp³-hybridized carbons (Fsp3) is 0.0526. The molecule has 27 heavy (non-hydrogen) atoms. The lowest BCUT2D eigenvalue weighted by molar-refractivity contribution is -0.112. The third kappa shape index (κ3) is 2.42. The van der Waals surface area contributed by atoms with E-state index >= 15 is 0 Å². The summed E-state index contributed by atoms with van der Waals surface area (Å²) in [4.78, 5) is 36.2. The molecule has 0 bridgehead atoms. The zero-order valence-corrected chi connectivity index (χ0v) is 14.7. The molecule has 2 N–H and O–H groups in total. The molecule has 0 unspecified atom stereocenters. The van der Waals surface area contributed by atoms with Gasteiger partial charge in [-0.25, -0.2) is 9.98 Å². The van der Waals surface area contributed by atoms with Crippen molar-refractivity contribution in [2.75, 3.05) is 0 Å². The highest BCUT2D eigenvalue weighted by molar-refractivity contribution is 7.11. The highest BCUT2D eigenvalue weighted by Crippen LogP contribution is 2.28. The molecule has 1 aliphatic heterocycles. The number of thiazole rings is 1. The molecule has 3 heterocycles. The third-order valence-electron chi connectivity index (χ3n) is 4.45. The van der Waals surface area contributed by atoms with Crippen molar-refractivity contribution < 1.29 is 9.90 Å².